The minimum atomic E-state index is -5.30. The molecule has 3 atom stereocenters. The summed E-state index contributed by atoms with van der Waals surface area (Å²) < 4.78 is 90.0. The third-order valence-electron chi connectivity index (χ3n) is 4.74. The highest BCUT2D eigenvalue weighted by Gasteiger charge is 2.71. The van der Waals surface area contributed by atoms with Gasteiger partial charge in [-0.2, -0.15) is 18.4 Å². The first-order valence-electron chi connectivity index (χ1n) is 7.58. The average Bonchev–Trinajstić information content (AvgIpc) is 2.77. The average molecular weight is 495 g/mol. The van der Waals surface area contributed by atoms with Crippen molar-refractivity contribution in [2.45, 2.75) is 24.3 Å². The van der Waals surface area contributed by atoms with Gasteiger partial charge in [-0.25, -0.2) is 10.8 Å². The molecule has 1 aromatic carbocycles. The van der Waals surface area contributed by atoms with E-state index < -0.39 is 65.0 Å². The summed E-state index contributed by atoms with van der Waals surface area (Å²) in [6.45, 7) is 4.23. The predicted octanol–water partition coefficient (Wildman–Crippen LogP) is 4.47. The molecule has 0 fully saturated rings. The van der Waals surface area contributed by atoms with Crippen LogP contribution in [0.3, 0.4) is 0 Å². The van der Waals surface area contributed by atoms with Gasteiger partial charge in [0.25, 0.3) is 10.6 Å². The maximum atomic E-state index is 13.3. The first kappa shape index (κ1) is 24.6. The zero-order valence-electron chi connectivity index (χ0n) is 15.1. The number of hydrogen-bond donors (Lipinski definition) is 1. The number of hydrogen-bond acceptors (Lipinski definition) is 5. The van der Waals surface area contributed by atoms with E-state index in [1.165, 1.54) is 6.07 Å². The Morgan fingerprint density at radius 2 is 1.73 bits per heavy atom. The molecule has 1 heterocycles. The van der Waals surface area contributed by atoms with Crippen molar-refractivity contribution < 1.29 is 30.9 Å². The Morgan fingerprint density at radius 1 is 1.27 bits per heavy atom. The number of alkyl halides is 6. The standard InChI is InChI=1S/C15H12Cl2F6N5OS/c1-13(26-2)12(30(29)15(21,22)23)10(6-24)27(25)28(13,3)11-8(16)4-7(5-9(11)17)14(18,19)20/h4-5H,2,25H2,1,3H3/q+1. The molecular weight excluding hydrogens is 483 g/mol. The highest BCUT2D eigenvalue weighted by molar-refractivity contribution is 7.96. The van der Waals surface area contributed by atoms with E-state index in [4.69, 9.17) is 29.0 Å². The SMILES string of the molecule is C=NC1(C)C([S+]([O-])C(F)(F)F)=C(C#N)N(N)[N+]1(C)c1c(Cl)cc(C(F)(F)F)cc1Cl. The van der Waals surface area contributed by atoms with Crippen LogP contribution in [0.25, 0.3) is 0 Å². The van der Waals surface area contributed by atoms with Gasteiger partial charge in [-0.15, -0.1) is 22.9 Å². The Morgan fingerprint density at radius 3 is 2.07 bits per heavy atom. The Hall–Kier alpha value is -1.69. The van der Waals surface area contributed by atoms with Crippen LogP contribution < -0.4 is 10.4 Å². The molecule has 0 amide bonds. The van der Waals surface area contributed by atoms with Crippen molar-refractivity contribution in [2.75, 3.05) is 7.05 Å². The number of rotatable bonds is 3. The molecule has 2 N–H and O–H groups in total. The molecule has 0 saturated heterocycles. The van der Waals surface area contributed by atoms with Crippen molar-refractivity contribution in [2.24, 2.45) is 10.8 Å². The molecule has 3 unspecified atom stereocenters. The van der Waals surface area contributed by atoms with Gasteiger partial charge in [0.1, 0.15) is 34.3 Å². The molecule has 0 saturated carbocycles. The fraction of sp³-hybridized carbons (Fsp3) is 0.333. The minimum Gasteiger partial charge on any atom is -0.604 e. The second kappa shape index (κ2) is 7.47. The van der Waals surface area contributed by atoms with Crippen LogP contribution in [0.2, 0.25) is 10.0 Å². The summed E-state index contributed by atoms with van der Waals surface area (Å²) in [6.07, 6.45) is -4.82. The maximum absolute atomic E-state index is 13.3. The Kier molecular flexibility index (Phi) is 6.12. The Bertz CT molecular complexity index is 955. The van der Waals surface area contributed by atoms with E-state index in [-0.39, 0.29) is 0 Å². The largest absolute Gasteiger partial charge is 0.604 e. The second-order valence-electron chi connectivity index (χ2n) is 6.27. The van der Waals surface area contributed by atoms with E-state index in [9.17, 15) is 36.2 Å². The minimum absolute atomic E-state index is 0.411. The number of nitrogens with zero attached hydrogens (tertiary/aromatic N) is 4. The van der Waals surface area contributed by atoms with Crippen molar-refractivity contribution in [1.29, 1.82) is 5.26 Å². The Balaban J connectivity index is 2.89. The highest BCUT2D eigenvalue weighted by atomic mass is 35.5. The number of hydrazine groups is 1. The van der Waals surface area contributed by atoms with Gasteiger partial charge in [0.05, 0.1) is 5.56 Å². The molecule has 0 radical (unpaired) electrons. The fourth-order valence-electron chi connectivity index (χ4n) is 3.10. The fourth-order valence-corrected chi connectivity index (χ4v) is 5.05. The van der Waals surface area contributed by atoms with E-state index >= 15 is 0 Å². The lowest BCUT2D eigenvalue weighted by Crippen LogP contribution is -2.68. The lowest BCUT2D eigenvalue weighted by atomic mass is 10.1. The normalized spacial score (nSPS) is 26.0. The second-order valence-corrected chi connectivity index (χ2v) is 8.50. The molecule has 1 aliphatic rings. The lowest BCUT2D eigenvalue weighted by Gasteiger charge is -2.43. The van der Waals surface area contributed by atoms with E-state index in [1.807, 2.05) is 0 Å². The molecular formula is C15H12Cl2F6N5OS+. The smallest absolute Gasteiger partial charge is 0.578 e. The summed E-state index contributed by atoms with van der Waals surface area (Å²) in [5, 5.41) is 8.60. The number of halogens is 8. The molecule has 164 valence electrons. The zero-order valence-corrected chi connectivity index (χ0v) is 17.4. The van der Waals surface area contributed by atoms with Crippen molar-refractivity contribution in [3.8, 4) is 6.07 Å². The summed E-state index contributed by atoms with van der Waals surface area (Å²) >= 11 is 8.28. The number of allylic oxidation sites excluding steroid dienone is 1. The summed E-state index contributed by atoms with van der Waals surface area (Å²) in [5.41, 5.74) is -10.1. The van der Waals surface area contributed by atoms with Crippen LogP contribution in [0.15, 0.2) is 27.7 Å². The van der Waals surface area contributed by atoms with Crippen LogP contribution in [0.1, 0.15) is 12.5 Å². The zero-order chi connectivity index (χ0) is 23.4. The highest BCUT2D eigenvalue weighted by Crippen LogP contribution is 2.54. The molecule has 0 spiro atoms. The summed E-state index contributed by atoms with van der Waals surface area (Å²) in [5.74, 6) is 5.88. The van der Waals surface area contributed by atoms with Crippen LogP contribution in [0, 0.1) is 11.3 Å². The van der Waals surface area contributed by atoms with Crippen LogP contribution in [0.5, 0.6) is 0 Å². The number of likely N-dealkylation sites (N-methyl/N-ethyl adjacent to an activating group) is 1. The summed E-state index contributed by atoms with van der Waals surface area (Å²) in [6, 6.07) is 2.41. The van der Waals surface area contributed by atoms with Gasteiger partial charge < -0.3 is 4.55 Å². The molecule has 1 aliphatic heterocycles. The van der Waals surface area contributed by atoms with E-state index in [1.54, 1.807) is 0 Å². The van der Waals surface area contributed by atoms with E-state index in [0.717, 1.165) is 14.0 Å². The topological polar surface area (TPSA) is 88.5 Å². The maximum Gasteiger partial charge on any atom is 0.578 e. The predicted molar refractivity (Wildman–Crippen MR) is 100.0 cm³/mol. The number of nitriles is 1. The van der Waals surface area contributed by atoms with Gasteiger partial charge in [-0.1, -0.05) is 23.2 Å². The molecule has 15 heteroatoms. The van der Waals surface area contributed by atoms with Crippen molar-refractivity contribution in [1.82, 2.24) is 9.71 Å². The third-order valence-corrected chi connectivity index (χ3v) is 6.69. The molecule has 1 aromatic rings. The van der Waals surface area contributed by atoms with Gasteiger partial charge in [0.2, 0.25) is 5.70 Å². The third kappa shape index (κ3) is 3.41. The molecule has 0 bridgehead atoms. The van der Waals surface area contributed by atoms with Crippen LogP contribution in [0.4, 0.5) is 32.0 Å². The number of benzene rings is 1. The van der Waals surface area contributed by atoms with Gasteiger partial charge >= 0.3 is 11.7 Å². The lowest BCUT2D eigenvalue weighted by molar-refractivity contribution is -0.137. The Labute approximate surface area is 179 Å². The monoisotopic (exact) mass is 494 g/mol. The van der Waals surface area contributed by atoms with Gasteiger partial charge in [-0.3, -0.25) is 0 Å². The molecule has 2 rings (SSSR count). The molecule has 0 aromatic heterocycles. The van der Waals surface area contributed by atoms with Crippen molar-refractivity contribution in [3.63, 3.8) is 0 Å². The van der Waals surface area contributed by atoms with E-state index in [2.05, 4.69) is 11.7 Å². The number of nitrogens with two attached hydrogens (primary N) is 1. The van der Waals surface area contributed by atoms with Crippen molar-refractivity contribution in [3.05, 3.63) is 38.3 Å². The van der Waals surface area contributed by atoms with Crippen LogP contribution in [-0.2, 0) is 17.4 Å². The number of quaternary nitrogens is 1. The van der Waals surface area contributed by atoms with E-state index in [0.29, 0.717) is 17.3 Å². The first-order chi connectivity index (χ1) is 13.5. The van der Waals surface area contributed by atoms with Gasteiger partial charge in [0, 0.05) is 6.92 Å². The molecule has 0 aliphatic carbocycles. The van der Waals surface area contributed by atoms with Crippen molar-refractivity contribution >= 4 is 46.8 Å². The van der Waals surface area contributed by atoms with Crippen LogP contribution in [-0.4, -0.2) is 34.6 Å². The molecule has 30 heavy (non-hydrogen) atoms. The van der Waals surface area contributed by atoms with Crippen LogP contribution >= 0.6 is 23.2 Å². The van der Waals surface area contributed by atoms with Gasteiger partial charge in [-0.05, 0) is 18.9 Å². The summed E-state index contributed by atoms with van der Waals surface area (Å²) in [7, 11) is 1.09. The molecule has 6 nitrogen and oxygen atoms in total. The summed E-state index contributed by atoms with van der Waals surface area (Å²) in [4.78, 5) is 2.57. The first-order valence-corrected chi connectivity index (χ1v) is 9.49. The van der Waals surface area contributed by atoms with Gasteiger partial charge in [0.15, 0.2) is 5.69 Å². The quantitative estimate of drug-likeness (QED) is 0.220. The number of aliphatic imine (C=N–C) groups is 1.